The third kappa shape index (κ3) is 5.39. The highest BCUT2D eigenvalue weighted by Gasteiger charge is 2.22. The number of esters is 1. The van der Waals surface area contributed by atoms with Gasteiger partial charge in [-0.25, -0.2) is 13.2 Å². The molecule has 0 atom stereocenters. The first-order valence-electron chi connectivity index (χ1n) is 9.01. The molecule has 160 valence electrons. The summed E-state index contributed by atoms with van der Waals surface area (Å²) in [6.07, 6.45) is 0. The van der Waals surface area contributed by atoms with Crippen molar-refractivity contribution in [1.29, 1.82) is 0 Å². The zero-order valence-corrected chi connectivity index (χ0v) is 17.2. The van der Waals surface area contributed by atoms with E-state index >= 15 is 0 Å². The van der Waals surface area contributed by atoms with E-state index in [9.17, 15) is 28.1 Å². The standard InChI is InChI=1S/C19H21N3O7S/c1-3-21(4-2)30(27,28)15-11-9-14(10-12-15)20-18(23)13-29-19(24)16-7-5-6-8-17(16)22(25)26/h5-12H,3-4,13H2,1-2H3,(H,20,23). The van der Waals surface area contributed by atoms with Crippen molar-refractivity contribution in [2.24, 2.45) is 0 Å². The van der Waals surface area contributed by atoms with Gasteiger partial charge in [0.25, 0.3) is 11.6 Å². The predicted octanol–water partition coefficient (Wildman–Crippen LogP) is 2.42. The third-order valence-corrected chi connectivity index (χ3v) is 6.20. The van der Waals surface area contributed by atoms with E-state index < -0.39 is 39.1 Å². The Morgan fingerprint density at radius 3 is 2.23 bits per heavy atom. The van der Waals surface area contributed by atoms with Crippen molar-refractivity contribution in [3.05, 3.63) is 64.2 Å². The summed E-state index contributed by atoms with van der Waals surface area (Å²) in [6.45, 7) is 3.48. The SMILES string of the molecule is CCN(CC)S(=O)(=O)c1ccc(NC(=O)COC(=O)c2ccccc2[N+](=O)[O-])cc1. The first kappa shape index (κ1) is 23.0. The van der Waals surface area contributed by atoms with Gasteiger partial charge in [-0.1, -0.05) is 26.0 Å². The summed E-state index contributed by atoms with van der Waals surface area (Å²) < 4.78 is 31.0. The van der Waals surface area contributed by atoms with Crippen LogP contribution in [0.1, 0.15) is 24.2 Å². The van der Waals surface area contributed by atoms with E-state index in [1.165, 1.54) is 46.8 Å². The average molecular weight is 435 g/mol. The number of carbonyl (C=O) groups is 2. The number of nitro groups is 1. The molecule has 0 aliphatic rings. The van der Waals surface area contributed by atoms with Crippen molar-refractivity contribution in [3.8, 4) is 0 Å². The van der Waals surface area contributed by atoms with Crippen LogP contribution in [0.2, 0.25) is 0 Å². The average Bonchev–Trinajstić information content (AvgIpc) is 2.73. The maximum absolute atomic E-state index is 12.4. The van der Waals surface area contributed by atoms with Gasteiger partial charge in [-0.2, -0.15) is 4.31 Å². The minimum atomic E-state index is -3.61. The zero-order valence-electron chi connectivity index (χ0n) is 16.4. The second-order valence-electron chi connectivity index (χ2n) is 6.01. The Hall–Kier alpha value is -3.31. The monoisotopic (exact) mass is 435 g/mol. The molecule has 2 aromatic carbocycles. The maximum atomic E-state index is 12.4. The number of para-hydroxylation sites is 1. The lowest BCUT2D eigenvalue weighted by Gasteiger charge is -2.18. The molecule has 0 aliphatic carbocycles. The molecular formula is C19H21N3O7S. The molecule has 2 aromatic rings. The molecule has 0 aliphatic heterocycles. The van der Waals surface area contributed by atoms with Gasteiger partial charge in [0, 0.05) is 24.8 Å². The molecule has 0 radical (unpaired) electrons. The van der Waals surface area contributed by atoms with Gasteiger partial charge in [0.2, 0.25) is 10.0 Å². The molecular weight excluding hydrogens is 414 g/mol. The van der Waals surface area contributed by atoms with E-state index in [1.807, 2.05) is 0 Å². The second kappa shape index (κ2) is 9.94. The highest BCUT2D eigenvalue weighted by molar-refractivity contribution is 7.89. The summed E-state index contributed by atoms with van der Waals surface area (Å²) in [4.78, 5) is 34.4. The van der Waals surface area contributed by atoms with Crippen LogP contribution in [0.4, 0.5) is 11.4 Å². The van der Waals surface area contributed by atoms with Crippen LogP contribution >= 0.6 is 0 Å². The number of nitrogens with zero attached hydrogens (tertiary/aromatic N) is 2. The van der Waals surface area contributed by atoms with Crippen LogP contribution in [-0.2, 0) is 19.6 Å². The van der Waals surface area contributed by atoms with Crippen LogP contribution in [0.5, 0.6) is 0 Å². The molecule has 1 N–H and O–H groups in total. The number of nitrogens with one attached hydrogen (secondary N) is 1. The normalized spacial score (nSPS) is 11.2. The van der Waals surface area contributed by atoms with Gasteiger partial charge in [0.15, 0.2) is 6.61 Å². The van der Waals surface area contributed by atoms with E-state index in [0.29, 0.717) is 18.8 Å². The summed E-state index contributed by atoms with van der Waals surface area (Å²) >= 11 is 0. The Bertz CT molecular complexity index is 1030. The van der Waals surface area contributed by atoms with E-state index in [4.69, 9.17) is 4.74 Å². The molecule has 0 spiro atoms. The van der Waals surface area contributed by atoms with Gasteiger partial charge < -0.3 is 10.1 Å². The van der Waals surface area contributed by atoms with E-state index in [2.05, 4.69) is 5.32 Å². The van der Waals surface area contributed by atoms with Crippen LogP contribution in [0, 0.1) is 10.1 Å². The van der Waals surface area contributed by atoms with Crippen molar-refractivity contribution in [1.82, 2.24) is 4.31 Å². The lowest BCUT2D eigenvalue weighted by Crippen LogP contribution is -2.30. The van der Waals surface area contributed by atoms with Gasteiger partial charge in [-0.15, -0.1) is 0 Å². The molecule has 1 amide bonds. The maximum Gasteiger partial charge on any atom is 0.345 e. The van der Waals surface area contributed by atoms with Gasteiger partial charge in [0.05, 0.1) is 9.82 Å². The second-order valence-corrected chi connectivity index (χ2v) is 7.95. The van der Waals surface area contributed by atoms with E-state index in [-0.39, 0.29) is 10.5 Å². The summed E-state index contributed by atoms with van der Waals surface area (Å²) in [6, 6.07) is 10.8. The number of amides is 1. The van der Waals surface area contributed by atoms with Gasteiger partial charge in [-0.05, 0) is 30.3 Å². The Labute approximate surface area is 173 Å². The topological polar surface area (TPSA) is 136 Å². The minimum absolute atomic E-state index is 0.0898. The highest BCUT2D eigenvalue weighted by Crippen LogP contribution is 2.19. The fourth-order valence-corrected chi connectivity index (χ4v) is 4.09. The molecule has 0 aromatic heterocycles. The number of rotatable bonds is 9. The first-order valence-corrected chi connectivity index (χ1v) is 10.4. The summed E-state index contributed by atoms with van der Waals surface area (Å²) in [5.41, 5.74) is -0.380. The summed E-state index contributed by atoms with van der Waals surface area (Å²) in [5, 5.41) is 13.4. The van der Waals surface area contributed by atoms with E-state index in [1.54, 1.807) is 13.8 Å². The number of hydrogen-bond acceptors (Lipinski definition) is 7. The Morgan fingerprint density at radius 2 is 1.67 bits per heavy atom. The molecule has 0 unspecified atom stereocenters. The minimum Gasteiger partial charge on any atom is -0.452 e. The molecule has 0 heterocycles. The van der Waals surface area contributed by atoms with Crippen molar-refractivity contribution < 1.29 is 27.7 Å². The van der Waals surface area contributed by atoms with Crippen molar-refractivity contribution in [2.75, 3.05) is 25.0 Å². The number of benzene rings is 2. The number of hydrogen-bond donors (Lipinski definition) is 1. The number of carbonyl (C=O) groups excluding carboxylic acids is 2. The van der Waals surface area contributed by atoms with Crippen molar-refractivity contribution >= 4 is 33.3 Å². The molecule has 0 saturated carbocycles. The van der Waals surface area contributed by atoms with E-state index in [0.717, 1.165) is 6.07 Å². The largest absolute Gasteiger partial charge is 0.452 e. The Balaban J connectivity index is 1.99. The molecule has 0 saturated heterocycles. The van der Waals surface area contributed by atoms with Crippen LogP contribution < -0.4 is 5.32 Å². The first-order chi connectivity index (χ1) is 14.2. The highest BCUT2D eigenvalue weighted by atomic mass is 32.2. The number of anilines is 1. The lowest BCUT2D eigenvalue weighted by molar-refractivity contribution is -0.385. The number of ether oxygens (including phenoxy) is 1. The lowest BCUT2D eigenvalue weighted by atomic mass is 10.2. The molecule has 11 heteroatoms. The molecule has 0 fully saturated rings. The van der Waals surface area contributed by atoms with Crippen LogP contribution in [-0.4, -0.2) is 49.2 Å². The van der Waals surface area contributed by atoms with Gasteiger partial charge in [-0.3, -0.25) is 14.9 Å². The van der Waals surface area contributed by atoms with Crippen LogP contribution in [0.3, 0.4) is 0 Å². The summed E-state index contributed by atoms with van der Waals surface area (Å²) in [7, 11) is -3.61. The molecule has 2 rings (SSSR count). The van der Waals surface area contributed by atoms with Gasteiger partial charge in [0.1, 0.15) is 5.56 Å². The zero-order chi connectivity index (χ0) is 22.3. The van der Waals surface area contributed by atoms with Crippen LogP contribution in [0.25, 0.3) is 0 Å². The van der Waals surface area contributed by atoms with Crippen molar-refractivity contribution in [3.63, 3.8) is 0 Å². The predicted molar refractivity (Wildman–Crippen MR) is 109 cm³/mol. The molecule has 10 nitrogen and oxygen atoms in total. The third-order valence-electron chi connectivity index (χ3n) is 4.14. The number of nitro benzene ring substituents is 1. The van der Waals surface area contributed by atoms with Crippen LogP contribution in [0.15, 0.2) is 53.4 Å². The summed E-state index contributed by atoms with van der Waals surface area (Å²) in [5.74, 6) is -1.68. The fourth-order valence-electron chi connectivity index (χ4n) is 2.63. The van der Waals surface area contributed by atoms with Crippen molar-refractivity contribution in [2.45, 2.75) is 18.7 Å². The molecule has 30 heavy (non-hydrogen) atoms. The Kier molecular flexibility index (Phi) is 7.61. The Morgan fingerprint density at radius 1 is 1.07 bits per heavy atom. The quantitative estimate of drug-likeness (QED) is 0.363. The van der Waals surface area contributed by atoms with Gasteiger partial charge >= 0.3 is 5.97 Å². The fraction of sp³-hybridized carbons (Fsp3) is 0.263. The smallest absolute Gasteiger partial charge is 0.345 e. The number of sulfonamides is 1. The molecule has 0 bridgehead atoms.